The fourth-order valence-corrected chi connectivity index (χ4v) is 13.2. The molecular formula is C81H150O17P2. The molecule has 0 spiro atoms. The molecule has 0 saturated heterocycles. The Morgan fingerprint density at radius 3 is 0.820 bits per heavy atom. The van der Waals surface area contributed by atoms with Crippen molar-refractivity contribution in [2.24, 2.45) is 0 Å². The van der Waals surface area contributed by atoms with E-state index in [-0.39, 0.29) is 25.7 Å². The molecule has 0 bridgehead atoms. The number of esters is 4. The summed E-state index contributed by atoms with van der Waals surface area (Å²) in [6, 6.07) is 0. The topological polar surface area (TPSA) is 237 Å². The molecule has 5 unspecified atom stereocenters. The van der Waals surface area contributed by atoms with Crippen molar-refractivity contribution < 1.29 is 80.2 Å². The monoisotopic (exact) mass is 1460 g/mol. The predicted octanol–water partition coefficient (Wildman–Crippen LogP) is 23.7. The van der Waals surface area contributed by atoms with Gasteiger partial charge in [-0.25, -0.2) is 9.13 Å². The molecule has 0 aromatic rings. The number of hydrogen-bond donors (Lipinski definition) is 3. The van der Waals surface area contributed by atoms with Crippen molar-refractivity contribution in [3.63, 3.8) is 0 Å². The number of aliphatic hydroxyl groups is 1. The smallest absolute Gasteiger partial charge is 0.462 e. The zero-order valence-corrected chi connectivity index (χ0v) is 65.9. The lowest BCUT2D eigenvalue weighted by Crippen LogP contribution is -2.30. The van der Waals surface area contributed by atoms with E-state index >= 15 is 0 Å². The fourth-order valence-electron chi connectivity index (χ4n) is 11.6. The number of rotatable bonds is 78. The fraction of sp³-hybridized carbons (Fsp3) is 0.852. The summed E-state index contributed by atoms with van der Waals surface area (Å²) in [4.78, 5) is 73.0. The summed E-state index contributed by atoms with van der Waals surface area (Å²) in [5.74, 6) is -2.15. The van der Waals surface area contributed by atoms with Gasteiger partial charge in [0.15, 0.2) is 12.2 Å². The quantitative estimate of drug-likeness (QED) is 0.0169. The maximum Gasteiger partial charge on any atom is 0.472 e. The average Bonchev–Trinajstić information content (AvgIpc) is 0.965. The van der Waals surface area contributed by atoms with E-state index in [4.69, 9.17) is 37.0 Å². The lowest BCUT2D eigenvalue weighted by molar-refractivity contribution is -0.161. The summed E-state index contributed by atoms with van der Waals surface area (Å²) >= 11 is 0. The first-order valence-electron chi connectivity index (χ1n) is 40.9. The van der Waals surface area contributed by atoms with Crippen LogP contribution in [0.5, 0.6) is 0 Å². The third-order valence-electron chi connectivity index (χ3n) is 17.8. The van der Waals surface area contributed by atoms with E-state index in [0.717, 1.165) is 148 Å². The Morgan fingerprint density at radius 2 is 0.520 bits per heavy atom. The van der Waals surface area contributed by atoms with Crippen LogP contribution in [0.2, 0.25) is 0 Å². The van der Waals surface area contributed by atoms with Gasteiger partial charge in [-0.15, -0.1) is 0 Å². The number of phosphoric acid groups is 2. The van der Waals surface area contributed by atoms with Crippen LogP contribution in [0, 0.1) is 0 Å². The minimum atomic E-state index is -4.97. The van der Waals surface area contributed by atoms with E-state index in [1.807, 2.05) is 0 Å². The van der Waals surface area contributed by atoms with Gasteiger partial charge in [0.2, 0.25) is 0 Å². The lowest BCUT2D eigenvalue weighted by atomic mass is 10.0. The minimum Gasteiger partial charge on any atom is -0.462 e. The van der Waals surface area contributed by atoms with Crippen LogP contribution in [0.1, 0.15) is 387 Å². The van der Waals surface area contributed by atoms with E-state index in [2.05, 4.69) is 76.3 Å². The summed E-state index contributed by atoms with van der Waals surface area (Å²) in [5, 5.41) is 10.6. The van der Waals surface area contributed by atoms with Crippen LogP contribution in [0.15, 0.2) is 48.6 Å². The van der Waals surface area contributed by atoms with Gasteiger partial charge in [0.1, 0.15) is 19.3 Å². The Labute approximate surface area is 610 Å². The lowest BCUT2D eigenvalue weighted by Gasteiger charge is -2.21. The highest BCUT2D eigenvalue weighted by atomic mass is 31.2. The SMILES string of the molecule is CC/C=C\C/C=C\C/C=C\CCCCCCCCCC(=O)OCC(COP(=O)(O)OCC(O)COP(=O)(O)OCC(COC(=O)CCCCCCCCCCCCCCCCC)OC(=O)CCCCCCCCCCCCCCCCC)OC(=O)CCCCCCC/C=C\CCCCCC. The van der Waals surface area contributed by atoms with Crippen molar-refractivity contribution in [3.8, 4) is 0 Å². The number of phosphoric ester groups is 2. The number of hydrogen-bond acceptors (Lipinski definition) is 15. The highest BCUT2D eigenvalue weighted by molar-refractivity contribution is 7.47. The van der Waals surface area contributed by atoms with E-state index in [9.17, 15) is 43.2 Å². The molecule has 0 radical (unpaired) electrons. The Balaban J connectivity index is 5.30. The first-order chi connectivity index (χ1) is 48.7. The van der Waals surface area contributed by atoms with E-state index in [0.29, 0.717) is 25.7 Å². The third-order valence-corrected chi connectivity index (χ3v) is 19.7. The summed E-state index contributed by atoms with van der Waals surface area (Å²) in [5.41, 5.74) is 0. The molecule has 0 aromatic carbocycles. The van der Waals surface area contributed by atoms with Crippen molar-refractivity contribution >= 4 is 39.5 Å². The second-order valence-corrected chi connectivity index (χ2v) is 30.6. The molecule has 0 aromatic heterocycles. The molecule has 17 nitrogen and oxygen atoms in total. The summed E-state index contributed by atoms with van der Waals surface area (Å²) in [6.07, 6.45) is 72.2. The van der Waals surface area contributed by atoms with Crippen molar-refractivity contribution in [1.29, 1.82) is 0 Å². The van der Waals surface area contributed by atoms with Crippen LogP contribution < -0.4 is 0 Å². The number of allylic oxidation sites excluding steroid dienone is 8. The molecule has 0 fully saturated rings. The third kappa shape index (κ3) is 73.3. The Hall–Kier alpha value is -2.98. The molecular weight excluding hydrogens is 1310 g/mol. The second kappa shape index (κ2) is 74.3. The number of unbranched alkanes of at least 4 members (excludes halogenated alkanes) is 44. The van der Waals surface area contributed by atoms with Gasteiger partial charge in [-0.1, -0.05) is 327 Å². The molecule has 100 heavy (non-hydrogen) atoms. The zero-order valence-electron chi connectivity index (χ0n) is 64.1. The molecule has 0 aliphatic carbocycles. The predicted molar refractivity (Wildman–Crippen MR) is 409 cm³/mol. The molecule has 0 aliphatic heterocycles. The summed E-state index contributed by atoms with van der Waals surface area (Å²) < 4.78 is 68.7. The van der Waals surface area contributed by atoms with E-state index < -0.39 is 97.5 Å². The van der Waals surface area contributed by atoms with Crippen molar-refractivity contribution in [3.05, 3.63) is 48.6 Å². The first kappa shape index (κ1) is 97.0. The minimum absolute atomic E-state index is 0.0875. The molecule has 0 aliphatic rings. The van der Waals surface area contributed by atoms with Crippen LogP contribution in [0.4, 0.5) is 0 Å². The molecule has 0 heterocycles. The van der Waals surface area contributed by atoms with Gasteiger partial charge < -0.3 is 33.8 Å². The van der Waals surface area contributed by atoms with Gasteiger partial charge >= 0.3 is 39.5 Å². The van der Waals surface area contributed by atoms with Crippen molar-refractivity contribution in [1.82, 2.24) is 0 Å². The molecule has 5 atom stereocenters. The Kier molecular flexibility index (Phi) is 72.1. The first-order valence-corrected chi connectivity index (χ1v) is 43.9. The van der Waals surface area contributed by atoms with Gasteiger partial charge in [0.25, 0.3) is 0 Å². The highest BCUT2D eigenvalue weighted by Crippen LogP contribution is 2.45. The Bertz CT molecular complexity index is 2080. The molecule has 0 amide bonds. The number of carbonyl (C=O) groups is 4. The Morgan fingerprint density at radius 1 is 0.290 bits per heavy atom. The largest absolute Gasteiger partial charge is 0.472 e. The van der Waals surface area contributed by atoms with Crippen LogP contribution in [-0.4, -0.2) is 96.7 Å². The van der Waals surface area contributed by atoms with Crippen LogP contribution in [0.25, 0.3) is 0 Å². The maximum absolute atomic E-state index is 13.1. The number of aliphatic hydroxyl groups excluding tert-OH is 1. The van der Waals surface area contributed by atoms with Crippen LogP contribution in [-0.2, 0) is 65.4 Å². The van der Waals surface area contributed by atoms with Gasteiger partial charge in [-0.05, 0) is 83.5 Å². The second-order valence-electron chi connectivity index (χ2n) is 27.7. The van der Waals surface area contributed by atoms with E-state index in [1.54, 1.807) is 0 Å². The van der Waals surface area contributed by atoms with Gasteiger partial charge in [-0.2, -0.15) is 0 Å². The molecule has 19 heteroatoms. The molecule has 0 rings (SSSR count). The number of carbonyl (C=O) groups excluding carboxylic acids is 4. The zero-order chi connectivity index (χ0) is 73.2. The maximum atomic E-state index is 13.1. The number of ether oxygens (including phenoxy) is 4. The van der Waals surface area contributed by atoms with Gasteiger partial charge in [0.05, 0.1) is 26.4 Å². The van der Waals surface area contributed by atoms with Crippen LogP contribution in [0.3, 0.4) is 0 Å². The van der Waals surface area contributed by atoms with E-state index in [1.165, 1.54) is 161 Å². The van der Waals surface area contributed by atoms with Crippen LogP contribution >= 0.6 is 15.6 Å². The van der Waals surface area contributed by atoms with Gasteiger partial charge in [-0.3, -0.25) is 37.3 Å². The average molecular weight is 1460 g/mol. The van der Waals surface area contributed by atoms with Crippen molar-refractivity contribution in [2.45, 2.75) is 406 Å². The summed E-state index contributed by atoms with van der Waals surface area (Å²) in [6.45, 7) is 4.83. The normalized spacial score (nSPS) is 14.1. The molecule has 3 N–H and O–H groups in total. The highest BCUT2D eigenvalue weighted by Gasteiger charge is 2.30. The molecule has 0 saturated carbocycles. The van der Waals surface area contributed by atoms with Gasteiger partial charge in [0, 0.05) is 25.7 Å². The van der Waals surface area contributed by atoms with Crippen molar-refractivity contribution in [2.75, 3.05) is 39.6 Å². The standard InChI is InChI=1S/C81H150O17P2/c1-5-9-13-17-21-25-29-33-36-37-40-43-46-50-54-58-62-66-79(84)92-71-76(97-80(85)67-63-59-55-51-47-41-32-28-24-20-16-12-8-4)73-95-99(87,88)93-69-75(82)70-94-100(89,90)96-74-77(98-81(86)68-64-60-56-52-48-44-39-35-31-27-23-19-15-11-7-3)72-91-78(83)65-61-57-53-49-45-42-38-34-30-26-22-18-14-10-6-2/h9,13,21,25,28,32-33,36,75-77,82H,5-8,10-12,14-20,22-24,26-27,29-31,34-35,37-74H2,1-4H3,(H,87,88)(H,89,90)/b13-9-,25-21-,32-28-,36-33-. The molecule has 586 valence electrons. The summed E-state index contributed by atoms with van der Waals surface area (Å²) in [7, 11) is -9.94.